The van der Waals surface area contributed by atoms with E-state index in [1.54, 1.807) is 18.5 Å². The van der Waals surface area contributed by atoms with Crippen LogP contribution in [0.25, 0.3) is 0 Å². The van der Waals surface area contributed by atoms with Gasteiger partial charge < -0.3 is 10.3 Å². The van der Waals surface area contributed by atoms with Gasteiger partial charge in [-0.2, -0.15) is 0 Å². The number of aromatic amines is 2. The second-order valence-corrected chi connectivity index (χ2v) is 7.97. The van der Waals surface area contributed by atoms with E-state index in [0.717, 1.165) is 29.9 Å². The molecule has 1 amide bonds. The molecule has 2 aromatic rings. The zero-order chi connectivity index (χ0) is 18.9. The molecule has 26 heavy (non-hydrogen) atoms. The topological polar surface area (TPSA) is 93.9 Å². The Labute approximate surface area is 156 Å². The van der Waals surface area contributed by atoms with Crippen molar-refractivity contribution >= 4 is 23.8 Å². The number of pyridine rings is 1. The minimum atomic E-state index is -0.477. The van der Waals surface area contributed by atoms with Crippen molar-refractivity contribution in [3.8, 4) is 0 Å². The number of aromatic nitrogens is 3. The van der Waals surface area contributed by atoms with Gasteiger partial charge in [-0.05, 0) is 18.3 Å². The Kier molecular flexibility index (Phi) is 5.06. The Hall–Kier alpha value is -2.32. The van der Waals surface area contributed by atoms with Crippen molar-refractivity contribution < 1.29 is 4.79 Å². The molecule has 0 fully saturated rings. The van der Waals surface area contributed by atoms with Crippen molar-refractivity contribution in [2.24, 2.45) is 5.41 Å². The number of hydrogen-bond acceptors (Lipinski definition) is 5. The van der Waals surface area contributed by atoms with E-state index in [0.29, 0.717) is 23.4 Å². The van der Waals surface area contributed by atoms with Crippen LogP contribution in [0, 0.1) is 10.2 Å². The molecule has 3 rings (SSSR count). The molecule has 3 heterocycles. The number of nitrogens with one attached hydrogen (secondary N) is 3. The molecule has 1 aliphatic rings. The highest BCUT2D eigenvalue weighted by Crippen LogP contribution is 2.23. The number of carbonyl (C=O) groups excluding carboxylic acids is 1. The number of fused-ring (bicyclic) bond motifs is 1. The largest absolute Gasteiger partial charge is 0.335 e. The smallest absolute Gasteiger partial charge is 0.256 e. The summed E-state index contributed by atoms with van der Waals surface area (Å²) in [7, 11) is 0. The molecule has 0 radical (unpaired) electrons. The van der Waals surface area contributed by atoms with Crippen molar-refractivity contribution in [1.82, 2.24) is 19.9 Å². The first-order chi connectivity index (χ1) is 12.2. The van der Waals surface area contributed by atoms with E-state index in [1.807, 2.05) is 20.8 Å². The van der Waals surface area contributed by atoms with Gasteiger partial charge in [0.1, 0.15) is 0 Å². The van der Waals surface area contributed by atoms with E-state index in [-0.39, 0.29) is 11.5 Å². The summed E-state index contributed by atoms with van der Waals surface area (Å²) in [6.07, 6.45) is 4.15. The van der Waals surface area contributed by atoms with E-state index in [9.17, 15) is 9.59 Å². The van der Waals surface area contributed by atoms with Gasteiger partial charge in [0.2, 0.25) is 5.91 Å². The zero-order valence-corrected chi connectivity index (χ0v) is 16.0. The molecule has 138 valence electrons. The molecule has 0 aromatic carbocycles. The number of hydrogen-bond donors (Lipinski definition) is 3. The molecule has 0 bridgehead atoms. The molecule has 0 aliphatic carbocycles. The van der Waals surface area contributed by atoms with Gasteiger partial charge in [-0.15, -0.1) is 0 Å². The number of carbonyl (C=O) groups is 1. The number of anilines is 1. The first-order valence-corrected chi connectivity index (χ1v) is 8.96. The molecule has 0 saturated carbocycles. The van der Waals surface area contributed by atoms with Gasteiger partial charge in [0, 0.05) is 60.8 Å². The lowest BCUT2D eigenvalue weighted by atomic mass is 9.95. The third-order valence-electron chi connectivity index (χ3n) is 4.42. The Morgan fingerprint density at radius 3 is 2.88 bits per heavy atom. The van der Waals surface area contributed by atoms with Crippen LogP contribution in [0.4, 0.5) is 5.69 Å². The molecule has 0 atom stereocenters. The summed E-state index contributed by atoms with van der Waals surface area (Å²) < 4.78 is 0.363. The fraction of sp³-hybridized carbons (Fsp3) is 0.444. The van der Waals surface area contributed by atoms with E-state index < -0.39 is 5.41 Å². The Morgan fingerprint density at radius 1 is 1.38 bits per heavy atom. The fourth-order valence-electron chi connectivity index (χ4n) is 2.87. The van der Waals surface area contributed by atoms with Crippen molar-refractivity contribution in [3.05, 3.63) is 50.4 Å². The van der Waals surface area contributed by atoms with Crippen LogP contribution in [0.1, 0.15) is 37.6 Å². The summed E-state index contributed by atoms with van der Waals surface area (Å²) in [5.41, 5.74) is 2.69. The second-order valence-electron chi connectivity index (χ2n) is 7.56. The predicted molar refractivity (Wildman–Crippen MR) is 102 cm³/mol. The van der Waals surface area contributed by atoms with Gasteiger partial charge in [-0.25, -0.2) is 0 Å². The van der Waals surface area contributed by atoms with E-state index >= 15 is 0 Å². The molecule has 0 spiro atoms. The average molecular weight is 373 g/mol. The molecular formula is C18H23N5O2S. The molecule has 2 aromatic heterocycles. The summed E-state index contributed by atoms with van der Waals surface area (Å²) in [6, 6.07) is 1.81. The summed E-state index contributed by atoms with van der Waals surface area (Å²) in [4.78, 5) is 36.5. The lowest BCUT2D eigenvalue weighted by Gasteiger charge is -2.28. The minimum absolute atomic E-state index is 0.0436. The zero-order valence-electron chi connectivity index (χ0n) is 15.2. The first kappa shape index (κ1) is 18.5. The van der Waals surface area contributed by atoms with Crippen LogP contribution >= 0.6 is 12.2 Å². The lowest BCUT2D eigenvalue weighted by Crippen LogP contribution is -2.35. The van der Waals surface area contributed by atoms with Gasteiger partial charge in [0.15, 0.2) is 4.77 Å². The second kappa shape index (κ2) is 7.13. The van der Waals surface area contributed by atoms with Crippen molar-refractivity contribution in [1.29, 1.82) is 0 Å². The molecule has 0 unspecified atom stereocenters. The average Bonchev–Trinajstić information content (AvgIpc) is 2.56. The normalized spacial score (nSPS) is 14.7. The predicted octanol–water partition coefficient (Wildman–Crippen LogP) is 2.37. The van der Waals surface area contributed by atoms with Crippen LogP contribution < -0.4 is 10.9 Å². The summed E-state index contributed by atoms with van der Waals surface area (Å²) in [6.45, 7) is 7.55. The first-order valence-electron chi connectivity index (χ1n) is 8.55. The number of rotatable bonds is 3. The Morgan fingerprint density at radius 2 is 2.15 bits per heavy atom. The third kappa shape index (κ3) is 4.08. The Bertz CT molecular complexity index is 942. The van der Waals surface area contributed by atoms with E-state index in [2.05, 4.69) is 25.2 Å². The molecule has 7 nitrogen and oxygen atoms in total. The van der Waals surface area contributed by atoms with Crippen LogP contribution in [0.3, 0.4) is 0 Å². The highest BCUT2D eigenvalue weighted by molar-refractivity contribution is 7.71. The maximum atomic E-state index is 12.3. The van der Waals surface area contributed by atoms with Gasteiger partial charge >= 0.3 is 0 Å². The van der Waals surface area contributed by atoms with E-state index in [1.165, 1.54) is 0 Å². The van der Waals surface area contributed by atoms with Crippen molar-refractivity contribution in [3.63, 3.8) is 0 Å². The van der Waals surface area contributed by atoms with Crippen LogP contribution in [-0.4, -0.2) is 32.3 Å². The maximum Gasteiger partial charge on any atom is 0.256 e. The SMILES string of the molecule is CC(C)(C)C(=O)Nc1ccncc1CN1CCc2[nH]c(=S)[nH]c(=O)c2C1. The molecule has 0 saturated heterocycles. The van der Waals surface area contributed by atoms with Gasteiger partial charge in [0.25, 0.3) is 5.56 Å². The van der Waals surface area contributed by atoms with Crippen LogP contribution in [0.5, 0.6) is 0 Å². The fourth-order valence-corrected chi connectivity index (χ4v) is 3.09. The highest BCUT2D eigenvalue weighted by Gasteiger charge is 2.24. The maximum absolute atomic E-state index is 12.3. The number of H-pyrrole nitrogens is 2. The quantitative estimate of drug-likeness (QED) is 0.718. The molecule has 8 heteroatoms. The third-order valence-corrected chi connectivity index (χ3v) is 4.62. The summed E-state index contributed by atoms with van der Waals surface area (Å²) in [5, 5.41) is 2.98. The summed E-state index contributed by atoms with van der Waals surface area (Å²) >= 11 is 5.03. The minimum Gasteiger partial charge on any atom is -0.335 e. The standard InChI is InChI=1S/C18H23N5O2S/c1-18(2,3)16(25)20-13-4-6-19-8-11(13)9-23-7-5-14-12(10-23)15(24)22-17(26)21-14/h4,6,8H,5,7,9-10H2,1-3H3,(H,19,20,25)(H2,21,22,24,26). The van der Waals surface area contributed by atoms with Gasteiger partial charge in [-0.3, -0.25) is 24.5 Å². The lowest BCUT2D eigenvalue weighted by molar-refractivity contribution is -0.123. The molecule has 1 aliphatic heterocycles. The van der Waals surface area contributed by atoms with Crippen molar-refractivity contribution in [2.75, 3.05) is 11.9 Å². The number of nitrogens with zero attached hydrogens (tertiary/aromatic N) is 2. The van der Waals surface area contributed by atoms with Crippen LogP contribution in [-0.2, 0) is 24.3 Å². The molecule has 3 N–H and O–H groups in total. The summed E-state index contributed by atoms with van der Waals surface area (Å²) in [5.74, 6) is -0.0436. The van der Waals surface area contributed by atoms with Crippen molar-refractivity contribution in [2.45, 2.75) is 40.3 Å². The van der Waals surface area contributed by atoms with E-state index in [4.69, 9.17) is 12.2 Å². The van der Waals surface area contributed by atoms with Gasteiger partial charge in [-0.1, -0.05) is 20.8 Å². The monoisotopic (exact) mass is 373 g/mol. The van der Waals surface area contributed by atoms with Crippen LogP contribution in [0.2, 0.25) is 0 Å². The Balaban J connectivity index is 1.79. The number of amides is 1. The highest BCUT2D eigenvalue weighted by atomic mass is 32.1. The van der Waals surface area contributed by atoms with Gasteiger partial charge in [0.05, 0.1) is 5.56 Å². The molecular weight excluding hydrogens is 350 g/mol. The van der Waals surface area contributed by atoms with Crippen LogP contribution in [0.15, 0.2) is 23.3 Å².